The number of carbonyl (C=O) groups excluding carboxylic acids is 4. The third-order valence-electron chi connectivity index (χ3n) is 3.90. The average molecular weight is 326 g/mol. The molecule has 0 aromatic heterocycles. The number of nitrogens with one attached hydrogen (secondary N) is 1. The molecule has 0 unspecified atom stereocenters. The maximum atomic E-state index is 12.7. The lowest BCUT2D eigenvalue weighted by Crippen LogP contribution is -2.48. The Morgan fingerprint density at radius 2 is 2.00 bits per heavy atom. The number of hydrogen-bond donors (Lipinski definition) is 1. The molecule has 8 heteroatoms. The van der Waals surface area contributed by atoms with E-state index in [4.69, 9.17) is 9.47 Å². The highest BCUT2D eigenvalue weighted by Crippen LogP contribution is 2.42. The van der Waals surface area contributed by atoms with E-state index in [2.05, 4.69) is 5.32 Å². The number of imide groups is 1. The number of esters is 1. The molecule has 2 aliphatic rings. The van der Waals surface area contributed by atoms with Crippen molar-refractivity contribution >= 4 is 23.9 Å². The van der Waals surface area contributed by atoms with Crippen molar-refractivity contribution < 1.29 is 28.7 Å². The largest absolute Gasteiger partial charge is 0.464 e. The minimum absolute atomic E-state index is 0.0737. The van der Waals surface area contributed by atoms with Gasteiger partial charge in [0.2, 0.25) is 11.8 Å². The van der Waals surface area contributed by atoms with Crippen LogP contribution in [0.4, 0.5) is 4.79 Å². The standard InChI is InChI=1S/C15H22N2O6/c1-5-22-10(18)9-8-15(6-7-16-11(15)19)12(20)17(9)13(21)23-14(2,3)4/h9H,5-8H2,1-4H3,(H,16,19)/t9-,15+/m0/s1. The smallest absolute Gasteiger partial charge is 0.417 e. The lowest BCUT2D eigenvalue weighted by Gasteiger charge is -2.26. The van der Waals surface area contributed by atoms with Gasteiger partial charge in [-0.3, -0.25) is 9.59 Å². The SMILES string of the molecule is CCOC(=O)[C@@H]1C[C@@]2(CCNC2=O)C(=O)N1C(=O)OC(C)(C)C. The van der Waals surface area contributed by atoms with Gasteiger partial charge in [-0.2, -0.15) is 0 Å². The molecular weight excluding hydrogens is 304 g/mol. The van der Waals surface area contributed by atoms with Crippen LogP contribution in [-0.2, 0) is 23.9 Å². The van der Waals surface area contributed by atoms with Crippen molar-refractivity contribution in [3.63, 3.8) is 0 Å². The summed E-state index contributed by atoms with van der Waals surface area (Å²) in [6.45, 7) is 7.05. The van der Waals surface area contributed by atoms with E-state index in [1.807, 2.05) is 0 Å². The molecule has 23 heavy (non-hydrogen) atoms. The van der Waals surface area contributed by atoms with Crippen LogP contribution in [0.1, 0.15) is 40.5 Å². The Bertz CT molecular complexity index is 553. The van der Waals surface area contributed by atoms with Crippen molar-refractivity contribution in [3.05, 3.63) is 0 Å². The summed E-state index contributed by atoms with van der Waals surface area (Å²) in [4.78, 5) is 50.2. The zero-order valence-corrected chi connectivity index (χ0v) is 13.8. The van der Waals surface area contributed by atoms with Crippen LogP contribution in [0.3, 0.4) is 0 Å². The topological polar surface area (TPSA) is 102 Å². The van der Waals surface area contributed by atoms with Crippen LogP contribution in [0.5, 0.6) is 0 Å². The van der Waals surface area contributed by atoms with Gasteiger partial charge in [-0.05, 0) is 34.1 Å². The summed E-state index contributed by atoms with van der Waals surface area (Å²) in [5, 5.41) is 2.59. The Hall–Kier alpha value is -2.12. The van der Waals surface area contributed by atoms with Crippen molar-refractivity contribution in [1.29, 1.82) is 0 Å². The fourth-order valence-electron chi connectivity index (χ4n) is 2.90. The van der Waals surface area contributed by atoms with Gasteiger partial charge in [0.1, 0.15) is 17.1 Å². The summed E-state index contributed by atoms with van der Waals surface area (Å²) in [6, 6.07) is -1.14. The summed E-state index contributed by atoms with van der Waals surface area (Å²) < 4.78 is 10.2. The first-order valence-corrected chi connectivity index (χ1v) is 7.64. The molecule has 0 aliphatic carbocycles. The van der Waals surface area contributed by atoms with E-state index in [0.717, 1.165) is 4.90 Å². The molecule has 8 nitrogen and oxygen atoms in total. The second-order valence-electron chi connectivity index (χ2n) is 6.72. The highest BCUT2D eigenvalue weighted by Gasteiger charge is 2.62. The first-order valence-electron chi connectivity index (χ1n) is 7.64. The number of rotatable bonds is 2. The molecule has 0 radical (unpaired) electrons. The Balaban J connectivity index is 2.34. The van der Waals surface area contributed by atoms with E-state index in [9.17, 15) is 19.2 Å². The van der Waals surface area contributed by atoms with Gasteiger partial charge < -0.3 is 14.8 Å². The number of ether oxygens (including phenoxy) is 2. The van der Waals surface area contributed by atoms with Crippen LogP contribution in [0, 0.1) is 5.41 Å². The third-order valence-corrected chi connectivity index (χ3v) is 3.90. The number of carbonyl (C=O) groups is 4. The van der Waals surface area contributed by atoms with Crippen LogP contribution in [0.15, 0.2) is 0 Å². The van der Waals surface area contributed by atoms with Gasteiger partial charge in [0, 0.05) is 13.0 Å². The zero-order chi connectivity index (χ0) is 17.4. The van der Waals surface area contributed by atoms with Crippen molar-refractivity contribution in [2.75, 3.05) is 13.2 Å². The summed E-state index contributed by atoms with van der Waals surface area (Å²) in [7, 11) is 0. The Kier molecular flexibility index (Phi) is 4.37. The molecule has 2 saturated heterocycles. The predicted octanol–water partition coefficient (Wildman–Crippen LogP) is 0.592. The zero-order valence-electron chi connectivity index (χ0n) is 13.8. The van der Waals surface area contributed by atoms with E-state index in [1.165, 1.54) is 0 Å². The quantitative estimate of drug-likeness (QED) is 0.589. The van der Waals surface area contributed by atoms with Gasteiger partial charge in [-0.25, -0.2) is 14.5 Å². The first-order chi connectivity index (χ1) is 10.6. The van der Waals surface area contributed by atoms with E-state index >= 15 is 0 Å². The van der Waals surface area contributed by atoms with Crippen molar-refractivity contribution in [3.8, 4) is 0 Å². The fraction of sp³-hybridized carbons (Fsp3) is 0.733. The van der Waals surface area contributed by atoms with E-state index in [-0.39, 0.29) is 19.4 Å². The monoisotopic (exact) mass is 326 g/mol. The summed E-state index contributed by atoms with van der Waals surface area (Å²) in [5.41, 5.74) is -2.21. The minimum atomic E-state index is -1.38. The molecule has 0 aromatic rings. The predicted molar refractivity (Wildman–Crippen MR) is 78.2 cm³/mol. The van der Waals surface area contributed by atoms with E-state index in [0.29, 0.717) is 6.54 Å². The molecule has 3 amide bonds. The van der Waals surface area contributed by atoms with Gasteiger partial charge in [0.25, 0.3) is 0 Å². The van der Waals surface area contributed by atoms with Crippen molar-refractivity contribution in [2.45, 2.75) is 52.2 Å². The molecule has 2 aliphatic heterocycles. The van der Waals surface area contributed by atoms with Gasteiger partial charge in [-0.1, -0.05) is 0 Å². The molecule has 2 rings (SSSR count). The molecule has 0 saturated carbocycles. The minimum Gasteiger partial charge on any atom is -0.464 e. The first kappa shape index (κ1) is 17.2. The number of nitrogens with zero attached hydrogens (tertiary/aromatic N) is 1. The maximum Gasteiger partial charge on any atom is 0.417 e. The normalized spacial score (nSPS) is 27.3. The molecule has 2 fully saturated rings. The number of hydrogen-bond acceptors (Lipinski definition) is 6. The van der Waals surface area contributed by atoms with Crippen LogP contribution in [0.25, 0.3) is 0 Å². The van der Waals surface area contributed by atoms with Crippen LogP contribution >= 0.6 is 0 Å². The lowest BCUT2D eigenvalue weighted by molar-refractivity contribution is -0.151. The lowest BCUT2D eigenvalue weighted by atomic mass is 9.83. The van der Waals surface area contributed by atoms with Crippen LogP contribution < -0.4 is 5.32 Å². The molecular formula is C15H22N2O6. The number of amides is 3. The van der Waals surface area contributed by atoms with Crippen LogP contribution in [-0.4, -0.2) is 53.6 Å². The van der Waals surface area contributed by atoms with Crippen molar-refractivity contribution in [2.24, 2.45) is 5.41 Å². The van der Waals surface area contributed by atoms with Gasteiger partial charge >= 0.3 is 12.1 Å². The maximum absolute atomic E-state index is 12.7. The summed E-state index contributed by atoms with van der Waals surface area (Å²) >= 11 is 0. The van der Waals surface area contributed by atoms with E-state index in [1.54, 1.807) is 27.7 Å². The second-order valence-corrected chi connectivity index (χ2v) is 6.72. The number of likely N-dealkylation sites (tertiary alicyclic amines) is 1. The third kappa shape index (κ3) is 3.02. The summed E-state index contributed by atoms with van der Waals surface area (Å²) in [6.07, 6.45) is -0.757. The molecule has 1 N–H and O–H groups in total. The second kappa shape index (κ2) is 5.82. The van der Waals surface area contributed by atoms with Gasteiger partial charge in [-0.15, -0.1) is 0 Å². The van der Waals surface area contributed by atoms with Gasteiger partial charge in [0.15, 0.2) is 0 Å². The highest BCUT2D eigenvalue weighted by atomic mass is 16.6. The molecule has 2 atom stereocenters. The molecule has 0 aromatic carbocycles. The average Bonchev–Trinajstić information content (AvgIpc) is 2.92. The Morgan fingerprint density at radius 1 is 1.35 bits per heavy atom. The Morgan fingerprint density at radius 3 is 2.48 bits per heavy atom. The highest BCUT2D eigenvalue weighted by molar-refractivity contribution is 6.14. The summed E-state index contributed by atoms with van der Waals surface area (Å²) in [5.74, 6) is -1.86. The molecule has 0 bridgehead atoms. The van der Waals surface area contributed by atoms with Gasteiger partial charge in [0.05, 0.1) is 6.61 Å². The van der Waals surface area contributed by atoms with E-state index < -0.39 is 40.9 Å². The van der Waals surface area contributed by atoms with Crippen LogP contribution in [0.2, 0.25) is 0 Å². The van der Waals surface area contributed by atoms with Crippen molar-refractivity contribution in [1.82, 2.24) is 10.2 Å². The molecule has 2 heterocycles. The molecule has 1 spiro atoms. The fourth-order valence-corrected chi connectivity index (χ4v) is 2.90. The molecule has 128 valence electrons. The Labute approximate surface area is 134 Å².